The summed E-state index contributed by atoms with van der Waals surface area (Å²) in [5, 5.41) is 24.3. The topological polar surface area (TPSA) is 71.1 Å². The maximum absolute atomic E-state index is 10.6. The molecule has 0 aliphatic carbocycles. The first-order valence-electron chi connectivity index (χ1n) is 6.44. The first-order chi connectivity index (χ1) is 9.66. The molecule has 2 unspecified atom stereocenters. The third-order valence-corrected chi connectivity index (χ3v) is 3.85. The van der Waals surface area contributed by atoms with Gasteiger partial charge >= 0.3 is 0 Å². The van der Waals surface area contributed by atoms with Crippen molar-refractivity contribution in [2.75, 3.05) is 6.61 Å². The third-order valence-electron chi connectivity index (χ3n) is 3.85. The second-order valence-corrected chi connectivity index (χ2v) is 5.12. The molecule has 2 aromatic rings. The fourth-order valence-electron chi connectivity index (χ4n) is 2.63. The van der Waals surface area contributed by atoms with Gasteiger partial charge in [0.25, 0.3) is 0 Å². The van der Waals surface area contributed by atoms with Crippen LogP contribution in [0.2, 0.25) is 0 Å². The molecule has 1 aromatic carbocycles. The molecular weight excluding hydrogens is 254 g/mol. The molecule has 0 radical (unpaired) electrons. The van der Waals surface area contributed by atoms with Crippen LogP contribution in [0.15, 0.2) is 36.5 Å². The van der Waals surface area contributed by atoms with Gasteiger partial charge in [0.1, 0.15) is 23.9 Å². The van der Waals surface area contributed by atoms with Crippen LogP contribution in [-0.4, -0.2) is 21.5 Å². The minimum absolute atomic E-state index is 0.173. The van der Waals surface area contributed by atoms with E-state index in [1.165, 1.54) is 0 Å². The molecular formula is C15H15N3O2. The highest BCUT2D eigenvalue weighted by Crippen LogP contribution is 2.42. The summed E-state index contributed by atoms with van der Waals surface area (Å²) < 4.78 is 7.26. The van der Waals surface area contributed by atoms with Crippen molar-refractivity contribution < 1.29 is 9.84 Å². The molecule has 102 valence electrons. The number of aromatic nitrogens is 2. The van der Waals surface area contributed by atoms with Gasteiger partial charge in [0, 0.05) is 19.7 Å². The number of nitriles is 1. The zero-order valence-corrected chi connectivity index (χ0v) is 11.2. The van der Waals surface area contributed by atoms with E-state index in [1.807, 2.05) is 24.3 Å². The number of benzene rings is 1. The summed E-state index contributed by atoms with van der Waals surface area (Å²) in [6, 6.07) is 11.6. The van der Waals surface area contributed by atoms with Crippen LogP contribution in [0.4, 0.5) is 0 Å². The number of hydrogen-bond acceptors (Lipinski definition) is 4. The van der Waals surface area contributed by atoms with Crippen molar-refractivity contribution in [2.24, 2.45) is 12.5 Å². The molecule has 1 aromatic heterocycles. The van der Waals surface area contributed by atoms with Crippen molar-refractivity contribution in [1.29, 1.82) is 5.26 Å². The lowest BCUT2D eigenvalue weighted by Crippen LogP contribution is -2.39. The average molecular weight is 269 g/mol. The lowest BCUT2D eigenvalue weighted by Gasteiger charge is -2.35. The minimum Gasteiger partial charge on any atom is -0.492 e. The van der Waals surface area contributed by atoms with Crippen molar-refractivity contribution >= 4 is 0 Å². The Hall–Kier alpha value is -2.32. The number of ether oxygens (including phenoxy) is 1. The van der Waals surface area contributed by atoms with Crippen molar-refractivity contribution in [1.82, 2.24) is 9.78 Å². The molecule has 0 spiro atoms. The molecule has 0 amide bonds. The van der Waals surface area contributed by atoms with Crippen molar-refractivity contribution in [3.8, 4) is 11.8 Å². The van der Waals surface area contributed by atoms with Gasteiger partial charge in [-0.05, 0) is 17.7 Å². The maximum Gasteiger partial charge on any atom is 0.127 e. The van der Waals surface area contributed by atoms with Gasteiger partial charge in [0.2, 0.25) is 0 Å². The van der Waals surface area contributed by atoms with Crippen LogP contribution in [0.1, 0.15) is 17.4 Å². The number of aliphatic hydroxyl groups excluding tert-OH is 1. The Morgan fingerprint density at radius 3 is 2.95 bits per heavy atom. The molecule has 5 heteroatoms. The van der Waals surface area contributed by atoms with E-state index in [-0.39, 0.29) is 6.61 Å². The average Bonchev–Trinajstić information content (AvgIpc) is 2.92. The van der Waals surface area contributed by atoms with Crippen LogP contribution in [0.3, 0.4) is 0 Å². The number of aryl methyl sites for hydroxylation is 1. The van der Waals surface area contributed by atoms with Crippen molar-refractivity contribution in [2.45, 2.75) is 12.5 Å². The van der Waals surface area contributed by atoms with Gasteiger partial charge in [0.15, 0.2) is 0 Å². The monoisotopic (exact) mass is 269 g/mol. The summed E-state index contributed by atoms with van der Waals surface area (Å²) in [6.45, 7) is 0.173. The zero-order valence-electron chi connectivity index (χ0n) is 11.2. The highest BCUT2D eigenvalue weighted by Gasteiger charge is 2.44. The van der Waals surface area contributed by atoms with Gasteiger partial charge in [-0.15, -0.1) is 0 Å². The molecule has 1 aliphatic heterocycles. The molecule has 0 fully saturated rings. The van der Waals surface area contributed by atoms with E-state index in [0.29, 0.717) is 12.1 Å². The van der Waals surface area contributed by atoms with E-state index in [1.54, 1.807) is 24.0 Å². The first-order valence-corrected chi connectivity index (χ1v) is 6.44. The molecule has 5 nitrogen and oxygen atoms in total. The van der Waals surface area contributed by atoms with Gasteiger partial charge in [-0.3, -0.25) is 4.68 Å². The molecule has 3 rings (SSSR count). The van der Waals surface area contributed by atoms with E-state index < -0.39 is 11.5 Å². The summed E-state index contributed by atoms with van der Waals surface area (Å²) in [5.41, 5.74) is 0.582. The Kier molecular flexibility index (Phi) is 2.96. The highest BCUT2D eigenvalue weighted by molar-refractivity contribution is 5.38. The SMILES string of the molecule is Cn1nccc1C(O)C1(C#N)COc2ccccc2C1. The summed E-state index contributed by atoms with van der Waals surface area (Å²) in [6.07, 6.45) is 1.14. The Labute approximate surface area is 117 Å². The van der Waals surface area contributed by atoms with Crippen LogP contribution >= 0.6 is 0 Å². The fourth-order valence-corrected chi connectivity index (χ4v) is 2.63. The van der Waals surface area contributed by atoms with Crippen LogP contribution in [-0.2, 0) is 13.5 Å². The van der Waals surface area contributed by atoms with Crippen molar-refractivity contribution in [3.63, 3.8) is 0 Å². The Morgan fingerprint density at radius 1 is 1.45 bits per heavy atom. The standard InChI is InChI=1S/C15H15N3O2/c1-18-12(6-7-17-18)14(19)15(9-16)8-11-4-2-3-5-13(11)20-10-15/h2-7,14,19H,8,10H2,1H3. The predicted octanol–water partition coefficient (Wildman–Crippen LogP) is 1.60. The quantitative estimate of drug-likeness (QED) is 0.899. The Bertz CT molecular complexity index is 674. The number of nitrogens with zero attached hydrogens (tertiary/aromatic N) is 3. The molecule has 1 aliphatic rings. The van der Waals surface area contributed by atoms with Gasteiger partial charge in [-0.1, -0.05) is 18.2 Å². The Balaban J connectivity index is 1.99. The van der Waals surface area contributed by atoms with E-state index in [2.05, 4.69) is 11.2 Å². The van der Waals surface area contributed by atoms with Crippen LogP contribution < -0.4 is 4.74 Å². The predicted molar refractivity (Wildman–Crippen MR) is 71.9 cm³/mol. The molecule has 2 heterocycles. The van der Waals surface area contributed by atoms with Crippen LogP contribution in [0.5, 0.6) is 5.75 Å². The second-order valence-electron chi connectivity index (χ2n) is 5.12. The van der Waals surface area contributed by atoms with Crippen LogP contribution in [0, 0.1) is 16.7 Å². The van der Waals surface area contributed by atoms with Gasteiger partial charge in [-0.2, -0.15) is 10.4 Å². The maximum atomic E-state index is 10.6. The smallest absolute Gasteiger partial charge is 0.127 e. The summed E-state index contributed by atoms with van der Waals surface area (Å²) in [5.74, 6) is 0.788. The normalized spacial score (nSPS) is 22.4. The van der Waals surface area contributed by atoms with E-state index in [0.717, 1.165) is 11.3 Å². The van der Waals surface area contributed by atoms with Gasteiger partial charge < -0.3 is 9.84 Å². The minimum atomic E-state index is -0.984. The summed E-state index contributed by atoms with van der Waals surface area (Å²) in [4.78, 5) is 0. The largest absolute Gasteiger partial charge is 0.492 e. The number of aliphatic hydroxyl groups is 1. The molecule has 1 N–H and O–H groups in total. The van der Waals surface area contributed by atoms with Crippen LogP contribution in [0.25, 0.3) is 0 Å². The molecule has 0 saturated heterocycles. The molecule has 2 atom stereocenters. The van der Waals surface area contributed by atoms with E-state index in [4.69, 9.17) is 4.74 Å². The lowest BCUT2D eigenvalue weighted by atomic mass is 9.76. The van der Waals surface area contributed by atoms with Crippen molar-refractivity contribution in [3.05, 3.63) is 47.8 Å². The van der Waals surface area contributed by atoms with E-state index >= 15 is 0 Å². The number of hydrogen-bond donors (Lipinski definition) is 1. The van der Waals surface area contributed by atoms with E-state index in [9.17, 15) is 10.4 Å². The van der Waals surface area contributed by atoms with Gasteiger partial charge in [-0.25, -0.2) is 0 Å². The number of fused-ring (bicyclic) bond motifs is 1. The van der Waals surface area contributed by atoms with Gasteiger partial charge in [0.05, 0.1) is 11.8 Å². The molecule has 0 saturated carbocycles. The summed E-state index contributed by atoms with van der Waals surface area (Å²) >= 11 is 0. The Morgan fingerprint density at radius 2 is 2.25 bits per heavy atom. The highest BCUT2D eigenvalue weighted by atomic mass is 16.5. The second kappa shape index (κ2) is 4.66. The fraction of sp³-hybridized carbons (Fsp3) is 0.333. The summed E-state index contributed by atoms with van der Waals surface area (Å²) in [7, 11) is 1.75. The number of para-hydroxylation sites is 1. The molecule has 20 heavy (non-hydrogen) atoms. The zero-order chi connectivity index (χ0) is 14.2. The first kappa shape index (κ1) is 12.7. The number of rotatable bonds is 2. The third kappa shape index (κ3) is 1.86. The molecule has 0 bridgehead atoms. The lowest BCUT2D eigenvalue weighted by molar-refractivity contribution is 0.0121.